The predicted molar refractivity (Wildman–Crippen MR) is 116 cm³/mol. The van der Waals surface area contributed by atoms with Crippen molar-refractivity contribution in [3.8, 4) is 0 Å². The summed E-state index contributed by atoms with van der Waals surface area (Å²) >= 11 is 0. The molecule has 0 atom stereocenters. The van der Waals surface area contributed by atoms with Gasteiger partial charge in [0, 0.05) is 10.4 Å². The summed E-state index contributed by atoms with van der Waals surface area (Å²) in [7, 11) is -11.8. The molecule has 12 N–H and O–H groups in total. The summed E-state index contributed by atoms with van der Waals surface area (Å²) in [5, 5.41) is 103. The van der Waals surface area contributed by atoms with Crippen molar-refractivity contribution in [2.75, 3.05) is 76.2 Å². The predicted octanol–water partition coefficient (Wildman–Crippen LogP) is -7.92. The average molecular weight is 597 g/mol. The Morgan fingerprint density at radius 1 is 0.394 bits per heavy atom. The van der Waals surface area contributed by atoms with E-state index in [4.69, 9.17) is 78.8 Å². The molecule has 0 aliphatic rings. The van der Waals surface area contributed by atoms with Gasteiger partial charge in [-0.05, 0) is 0 Å². The molecule has 0 saturated heterocycles. The molecule has 0 spiro atoms. The molecule has 0 aliphatic carbocycles. The Hall–Kier alpha value is 0.970. The lowest BCUT2D eigenvalue weighted by Crippen LogP contribution is -3.00. The molecular formula is C12H36ClO16P3S. The number of hydrogen-bond acceptors (Lipinski definition) is 16. The molecule has 0 bridgehead atoms. The fourth-order valence-electron chi connectivity index (χ4n) is 0.805. The summed E-state index contributed by atoms with van der Waals surface area (Å²) in [6.45, 7) is 0. The van der Waals surface area contributed by atoms with Crippen LogP contribution in [-0.2, 0) is 10.4 Å². The van der Waals surface area contributed by atoms with Crippen LogP contribution < -0.4 is 12.4 Å². The molecular weight excluding hydrogens is 561 g/mol. The summed E-state index contributed by atoms with van der Waals surface area (Å²) in [4.78, 5) is 0. The molecule has 21 heteroatoms. The molecule has 33 heavy (non-hydrogen) atoms. The molecule has 0 aromatic heterocycles. The monoisotopic (exact) mass is 596 g/mol. The van der Waals surface area contributed by atoms with Gasteiger partial charge in [0.25, 0.3) is 0 Å². The number of rotatable bonds is 12. The first-order valence-electron chi connectivity index (χ1n) is 8.26. The van der Waals surface area contributed by atoms with Crippen LogP contribution in [0, 0.1) is 0 Å². The lowest BCUT2D eigenvalue weighted by Gasteiger charge is -2.15. The highest BCUT2D eigenvalue weighted by Crippen LogP contribution is 2.55. The van der Waals surface area contributed by atoms with Crippen LogP contribution in [0.15, 0.2) is 0 Å². The highest BCUT2D eigenvalue weighted by molar-refractivity contribution is 7.79. The van der Waals surface area contributed by atoms with Gasteiger partial charge in [-0.15, -0.1) is 0 Å². The maximum absolute atomic E-state index is 8.55. The molecule has 16 nitrogen and oxygen atoms in total. The molecule has 0 saturated carbocycles. The summed E-state index contributed by atoms with van der Waals surface area (Å²) < 4.78 is 34.1. The molecule has 0 amide bonds. The molecule has 0 rings (SSSR count). The van der Waals surface area contributed by atoms with Gasteiger partial charge in [-0.1, -0.05) is 0 Å². The Morgan fingerprint density at radius 2 is 0.455 bits per heavy atom. The highest BCUT2D eigenvalue weighted by atomic mass is 35.5. The number of aliphatic hydroxyl groups excluding tert-OH is 12. The quantitative estimate of drug-likeness (QED) is 0.0565. The molecule has 0 radical (unpaired) electrons. The van der Waals surface area contributed by atoms with Gasteiger partial charge in [-0.2, -0.15) is 0 Å². The molecule has 0 fully saturated rings. The lowest BCUT2D eigenvalue weighted by atomic mass is 11.6. The molecule has 208 valence electrons. The van der Waals surface area contributed by atoms with Crippen molar-refractivity contribution in [3.05, 3.63) is 0 Å². The van der Waals surface area contributed by atoms with Gasteiger partial charge in [0.15, 0.2) is 76.2 Å². The van der Waals surface area contributed by atoms with Crippen molar-refractivity contribution in [2.45, 2.75) is 0 Å². The van der Waals surface area contributed by atoms with E-state index in [2.05, 4.69) is 0 Å². The van der Waals surface area contributed by atoms with E-state index < -0.39 is 32.2 Å². The second-order valence-electron chi connectivity index (χ2n) is 6.13. The van der Waals surface area contributed by atoms with Crippen molar-refractivity contribution in [3.63, 3.8) is 0 Å². The normalized spacial score (nSPS) is 11.6. The third-order valence-electron chi connectivity index (χ3n) is 3.60. The smallest absolute Gasteiger partial charge is 0.161 e. The summed E-state index contributed by atoms with van der Waals surface area (Å²) in [6.07, 6.45) is -3.54. The van der Waals surface area contributed by atoms with Crippen molar-refractivity contribution < 1.29 is 91.2 Å². The van der Waals surface area contributed by atoms with Crippen molar-refractivity contribution in [1.82, 2.24) is 0 Å². The van der Waals surface area contributed by atoms with Crippen LogP contribution in [0.2, 0.25) is 0 Å². The second kappa shape index (κ2) is 24.7. The van der Waals surface area contributed by atoms with Crippen LogP contribution in [0.3, 0.4) is 0 Å². The summed E-state index contributed by atoms with van der Waals surface area (Å²) in [5.74, 6) is 0. The lowest BCUT2D eigenvalue weighted by molar-refractivity contribution is -0.0000244. The van der Waals surface area contributed by atoms with E-state index in [1.807, 2.05) is 0 Å². The van der Waals surface area contributed by atoms with Gasteiger partial charge >= 0.3 is 0 Å². The summed E-state index contributed by atoms with van der Waals surface area (Å²) in [6, 6.07) is 0. The second-order valence-corrected chi connectivity index (χ2v) is 18.4. The minimum Gasteiger partial charge on any atom is -1.00 e. The van der Waals surface area contributed by atoms with Crippen molar-refractivity contribution in [2.24, 2.45) is 0 Å². The van der Waals surface area contributed by atoms with E-state index in [1.54, 1.807) is 0 Å². The Kier molecular flexibility index (Phi) is 32.9. The Labute approximate surface area is 199 Å². The fourth-order valence-corrected chi connectivity index (χ4v) is 2.41. The average Bonchev–Trinajstić information content (AvgIpc) is 2.80. The van der Waals surface area contributed by atoms with Crippen LogP contribution in [-0.4, -0.2) is 155 Å². The molecule has 0 heterocycles. The van der Waals surface area contributed by atoms with Gasteiger partial charge in [0.05, 0.1) is 0 Å². The molecule has 0 aromatic carbocycles. The summed E-state index contributed by atoms with van der Waals surface area (Å²) in [5.41, 5.74) is 0. The van der Waals surface area contributed by atoms with E-state index in [-0.39, 0.29) is 88.6 Å². The topological polar surface area (TPSA) is 323 Å². The van der Waals surface area contributed by atoms with Crippen LogP contribution in [0.25, 0.3) is 0 Å². The highest BCUT2D eigenvalue weighted by Gasteiger charge is 2.35. The largest absolute Gasteiger partial charge is 1.00 e. The van der Waals surface area contributed by atoms with E-state index >= 15 is 0 Å². The van der Waals surface area contributed by atoms with Gasteiger partial charge in [0.1, 0.15) is 21.8 Å². The first-order valence-corrected chi connectivity index (χ1v) is 17.2. The Balaban J connectivity index is -0.000000107. The van der Waals surface area contributed by atoms with E-state index in [0.717, 1.165) is 0 Å². The standard InChI is InChI=1S/3C4H12O4P.ClH.H2O4S/c3*5-1-9(2-6,3-7)4-8;;1-5(2,3)4/h3*5-8H,1-4H2;1H;(H2,1,2,3,4)/q3*+1;;/p-3. The van der Waals surface area contributed by atoms with Crippen LogP contribution in [0.5, 0.6) is 0 Å². The SMILES string of the molecule is O=S(=O)([O-])[O-].OC[P+](CO)(CO)CO.OC[P+](CO)(CO)CO.OC[P+](CO)(CO)CO.[Cl-]. The van der Waals surface area contributed by atoms with Crippen LogP contribution in [0.1, 0.15) is 0 Å². The Bertz CT molecular complexity index is 397. The Morgan fingerprint density at radius 3 is 0.455 bits per heavy atom. The first kappa shape index (κ1) is 44.0. The number of halogens is 1. The van der Waals surface area contributed by atoms with Crippen LogP contribution >= 0.6 is 21.8 Å². The molecule has 0 aliphatic heterocycles. The van der Waals surface area contributed by atoms with Gasteiger partial charge in [-0.3, -0.25) is 8.42 Å². The van der Waals surface area contributed by atoms with Crippen molar-refractivity contribution >= 4 is 32.2 Å². The fraction of sp³-hybridized carbons (Fsp3) is 1.00. The minimum absolute atomic E-state index is 0. The third kappa shape index (κ3) is 23.1. The molecule has 0 unspecified atom stereocenters. The van der Waals surface area contributed by atoms with E-state index in [1.165, 1.54) is 0 Å². The zero-order chi connectivity index (χ0) is 26.5. The van der Waals surface area contributed by atoms with Gasteiger partial charge < -0.3 is 82.8 Å². The first-order chi connectivity index (χ1) is 14.7. The molecule has 0 aromatic rings. The zero-order valence-corrected chi connectivity index (χ0v) is 21.9. The maximum atomic E-state index is 8.55. The maximum Gasteiger partial charge on any atom is 0.161 e. The third-order valence-corrected chi connectivity index (χ3v) is 10.8. The minimum atomic E-state index is -5.17. The van der Waals surface area contributed by atoms with E-state index in [0.29, 0.717) is 0 Å². The number of aliphatic hydroxyl groups is 12. The zero-order valence-electron chi connectivity index (χ0n) is 17.6. The van der Waals surface area contributed by atoms with Crippen molar-refractivity contribution in [1.29, 1.82) is 0 Å². The van der Waals surface area contributed by atoms with E-state index in [9.17, 15) is 0 Å². The van der Waals surface area contributed by atoms with Gasteiger partial charge in [-0.25, -0.2) is 0 Å². The van der Waals surface area contributed by atoms with Gasteiger partial charge in [0.2, 0.25) is 0 Å². The van der Waals surface area contributed by atoms with Crippen LogP contribution in [0.4, 0.5) is 0 Å². The number of hydrogen-bond donors (Lipinski definition) is 12.